The first-order chi connectivity index (χ1) is 8.54. The van der Waals surface area contributed by atoms with Crippen molar-refractivity contribution in [1.82, 2.24) is 10.2 Å². The minimum atomic E-state index is 0.408. The van der Waals surface area contributed by atoms with Crippen molar-refractivity contribution in [3.8, 4) is 0 Å². The molecule has 1 N–H and O–H groups in total. The van der Waals surface area contributed by atoms with E-state index < -0.39 is 0 Å². The second-order valence-corrected chi connectivity index (χ2v) is 5.57. The molecule has 18 heavy (non-hydrogen) atoms. The summed E-state index contributed by atoms with van der Waals surface area (Å²) >= 11 is 0. The molecule has 2 nitrogen and oxygen atoms in total. The summed E-state index contributed by atoms with van der Waals surface area (Å²) in [5.41, 5.74) is 1.38. The van der Waals surface area contributed by atoms with Crippen molar-refractivity contribution in [2.75, 3.05) is 20.6 Å². The van der Waals surface area contributed by atoms with Crippen LogP contribution in [0.15, 0.2) is 30.3 Å². The fraction of sp³-hybridized carbons (Fsp3) is 0.625. The summed E-state index contributed by atoms with van der Waals surface area (Å²) in [5.74, 6) is 0.707. The molecule has 0 fully saturated rings. The Hall–Kier alpha value is -0.860. The minimum Gasteiger partial charge on any atom is -0.308 e. The van der Waals surface area contributed by atoms with E-state index in [-0.39, 0.29) is 0 Å². The average Bonchev–Trinajstić information content (AvgIpc) is 2.37. The molecule has 102 valence electrons. The zero-order valence-corrected chi connectivity index (χ0v) is 12.5. The summed E-state index contributed by atoms with van der Waals surface area (Å²) in [6, 6.07) is 11.7. The Morgan fingerprint density at radius 3 is 2.22 bits per heavy atom. The maximum absolute atomic E-state index is 3.77. The lowest BCUT2D eigenvalue weighted by Gasteiger charge is -2.29. The van der Waals surface area contributed by atoms with Gasteiger partial charge in [0, 0.05) is 18.6 Å². The number of hydrogen-bond acceptors (Lipinski definition) is 2. The van der Waals surface area contributed by atoms with E-state index in [4.69, 9.17) is 0 Å². The first-order valence-electron chi connectivity index (χ1n) is 7.00. The van der Waals surface area contributed by atoms with Gasteiger partial charge >= 0.3 is 0 Å². The first kappa shape index (κ1) is 15.2. The van der Waals surface area contributed by atoms with E-state index in [0.717, 1.165) is 6.54 Å². The Labute approximate surface area is 112 Å². The fourth-order valence-electron chi connectivity index (χ4n) is 2.14. The average molecular weight is 248 g/mol. The highest BCUT2D eigenvalue weighted by Gasteiger charge is 2.17. The summed E-state index contributed by atoms with van der Waals surface area (Å²) in [5, 5.41) is 3.77. The lowest BCUT2D eigenvalue weighted by atomic mass is 9.98. The van der Waals surface area contributed by atoms with Crippen LogP contribution in [0, 0.1) is 5.92 Å². The van der Waals surface area contributed by atoms with Crippen LogP contribution in [0.1, 0.15) is 38.8 Å². The summed E-state index contributed by atoms with van der Waals surface area (Å²) in [6.07, 6.45) is 1.22. The largest absolute Gasteiger partial charge is 0.308 e. The Kier molecular flexibility index (Phi) is 6.37. The molecule has 0 amide bonds. The number of benzene rings is 1. The van der Waals surface area contributed by atoms with E-state index >= 15 is 0 Å². The van der Waals surface area contributed by atoms with Crippen molar-refractivity contribution in [2.24, 2.45) is 5.92 Å². The highest BCUT2D eigenvalue weighted by molar-refractivity contribution is 5.19. The van der Waals surface area contributed by atoms with Gasteiger partial charge in [-0.2, -0.15) is 0 Å². The summed E-state index contributed by atoms with van der Waals surface area (Å²) in [6.45, 7) is 7.90. The normalized spacial score (nSPS) is 16.6. The number of rotatable bonds is 7. The SMILES string of the molecule is CCC(C)C(C)NC(CN(C)C)c1ccccc1. The molecule has 0 aliphatic carbocycles. The molecule has 0 heterocycles. The third-order valence-corrected chi connectivity index (χ3v) is 3.71. The van der Waals surface area contributed by atoms with E-state index in [9.17, 15) is 0 Å². The first-order valence-corrected chi connectivity index (χ1v) is 7.00. The summed E-state index contributed by atoms with van der Waals surface area (Å²) in [4.78, 5) is 2.24. The molecule has 3 atom stereocenters. The molecule has 0 spiro atoms. The smallest absolute Gasteiger partial charge is 0.0451 e. The second kappa shape index (κ2) is 7.55. The van der Waals surface area contributed by atoms with Crippen LogP contribution in [0.25, 0.3) is 0 Å². The highest BCUT2D eigenvalue weighted by atomic mass is 15.1. The Bertz CT molecular complexity index is 321. The van der Waals surface area contributed by atoms with Crippen LogP contribution >= 0.6 is 0 Å². The molecule has 3 unspecified atom stereocenters. The lowest BCUT2D eigenvalue weighted by molar-refractivity contribution is 0.291. The highest BCUT2D eigenvalue weighted by Crippen LogP contribution is 2.17. The molecular formula is C16H28N2. The Balaban J connectivity index is 2.73. The van der Waals surface area contributed by atoms with Crippen LogP contribution < -0.4 is 5.32 Å². The van der Waals surface area contributed by atoms with Crippen molar-refractivity contribution >= 4 is 0 Å². The topological polar surface area (TPSA) is 15.3 Å². The van der Waals surface area contributed by atoms with Crippen LogP contribution in [0.5, 0.6) is 0 Å². The van der Waals surface area contributed by atoms with Gasteiger partial charge in [0.25, 0.3) is 0 Å². The van der Waals surface area contributed by atoms with E-state index in [0.29, 0.717) is 18.0 Å². The van der Waals surface area contributed by atoms with Crippen LogP contribution in [0.3, 0.4) is 0 Å². The zero-order chi connectivity index (χ0) is 13.5. The number of nitrogens with one attached hydrogen (secondary N) is 1. The van der Waals surface area contributed by atoms with Gasteiger partial charge in [0.1, 0.15) is 0 Å². The molecule has 0 saturated carbocycles. The van der Waals surface area contributed by atoms with Gasteiger partial charge in [-0.15, -0.1) is 0 Å². The summed E-state index contributed by atoms with van der Waals surface area (Å²) in [7, 11) is 4.26. The van der Waals surface area contributed by atoms with Crippen molar-refractivity contribution in [1.29, 1.82) is 0 Å². The van der Waals surface area contributed by atoms with Crippen LogP contribution in [0.2, 0.25) is 0 Å². The van der Waals surface area contributed by atoms with Crippen molar-refractivity contribution in [3.05, 3.63) is 35.9 Å². The fourth-order valence-corrected chi connectivity index (χ4v) is 2.14. The van der Waals surface area contributed by atoms with Crippen molar-refractivity contribution < 1.29 is 0 Å². The standard InChI is InChI=1S/C16H28N2/c1-6-13(2)14(3)17-16(12-18(4)5)15-10-8-7-9-11-15/h7-11,13-14,16-17H,6,12H2,1-5H3. The maximum atomic E-state index is 3.77. The van der Waals surface area contributed by atoms with E-state index in [2.05, 4.69) is 75.4 Å². The van der Waals surface area contributed by atoms with Gasteiger partial charge in [0.05, 0.1) is 0 Å². The minimum absolute atomic E-state index is 0.408. The molecule has 0 radical (unpaired) electrons. The van der Waals surface area contributed by atoms with Crippen LogP contribution in [-0.4, -0.2) is 31.6 Å². The molecule has 1 aromatic carbocycles. The zero-order valence-electron chi connectivity index (χ0n) is 12.5. The lowest BCUT2D eigenvalue weighted by Crippen LogP contribution is -2.39. The summed E-state index contributed by atoms with van der Waals surface area (Å²) < 4.78 is 0. The molecule has 2 heteroatoms. The van der Waals surface area contributed by atoms with Gasteiger partial charge < -0.3 is 10.2 Å². The van der Waals surface area contributed by atoms with Crippen LogP contribution in [0.4, 0.5) is 0 Å². The van der Waals surface area contributed by atoms with E-state index in [1.54, 1.807) is 0 Å². The third-order valence-electron chi connectivity index (χ3n) is 3.71. The quantitative estimate of drug-likeness (QED) is 0.796. The number of hydrogen-bond donors (Lipinski definition) is 1. The predicted molar refractivity (Wildman–Crippen MR) is 79.8 cm³/mol. The van der Waals surface area contributed by atoms with Crippen LogP contribution in [-0.2, 0) is 0 Å². The molecular weight excluding hydrogens is 220 g/mol. The molecule has 0 aromatic heterocycles. The Morgan fingerprint density at radius 1 is 1.11 bits per heavy atom. The number of nitrogens with zero attached hydrogens (tertiary/aromatic N) is 1. The van der Waals surface area contributed by atoms with E-state index in [1.165, 1.54) is 12.0 Å². The Morgan fingerprint density at radius 2 is 1.72 bits per heavy atom. The van der Waals surface area contributed by atoms with Gasteiger partial charge in [-0.1, -0.05) is 50.6 Å². The second-order valence-electron chi connectivity index (χ2n) is 5.57. The van der Waals surface area contributed by atoms with Crippen molar-refractivity contribution in [2.45, 2.75) is 39.3 Å². The molecule has 1 aromatic rings. The van der Waals surface area contributed by atoms with Gasteiger partial charge in [-0.25, -0.2) is 0 Å². The van der Waals surface area contributed by atoms with Crippen molar-refractivity contribution in [3.63, 3.8) is 0 Å². The molecule has 0 aliphatic heterocycles. The molecule has 0 bridgehead atoms. The number of likely N-dealkylation sites (N-methyl/N-ethyl adjacent to an activating group) is 1. The van der Waals surface area contributed by atoms with Gasteiger partial charge in [-0.05, 0) is 32.5 Å². The predicted octanol–water partition coefficient (Wildman–Crippen LogP) is 3.31. The van der Waals surface area contributed by atoms with Gasteiger partial charge in [0.15, 0.2) is 0 Å². The molecule has 0 aliphatic rings. The van der Waals surface area contributed by atoms with Gasteiger partial charge in [0.2, 0.25) is 0 Å². The van der Waals surface area contributed by atoms with Gasteiger partial charge in [-0.3, -0.25) is 0 Å². The molecule has 1 rings (SSSR count). The third kappa shape index (κ3) is 4.79. The maximum Gasteiger partial charge on any atom is 0.0451 e. The monoisotopic (exact) mass is 248 g/mol. The molecule has 0 saturated heterocycles. The van der Waals surface area contributed by atoms with E-state index in [1.807, 2.05) is 0 Å².